The van der Waals surface area contributed by atoms with Crippen molar-refractivity contribution in [2.24, 2.45) is 0 Å². The second kappa shape index (κ2) is 8.32. The first-order chi connectivity index (χ1) is 14.2. The van der Waals surface area contributed by atoms with Crippen molar-refractivity contribution in [3.05, 3.63) is 90.0 Å². The van der Waals surface area contributed by atoms with Gasteiger partial charge in [-0.05, 0) is 49.6 Å². The van der Waals surface area contributed by atoms with Gasteiger partial charge >= 0.3 is 0 Å². The number of aromatic nitrogens is 3. The third-order valence-electron chi connectivity index (χ3n) is 4.56. The van der Waals surface area contributed by atoms with E-state index in [-0.39, 0.29) is 5.91 Å². The lowest BCUT2D eigenvalue weighted by Gasteiger charge is -2.13. The van der Waals surface area contributed by atoms with Crippen LogP contribution in [0.25, 0.3) is 17.1 Å². The topological polar surface area (TPSA) is 59.8 Å². The third-order valence-corrected chi connectivity index (χ3v) is 5.19. The highest BCUT2D eigenvalue weighted by atomic mass is 32.2. The summed E-state index contributed by atoms with van der Waals surface area (Å²) in [6, 6.07) is 25.0. The second-order valence-electron chi connectivity index (χ2n) is 6.55. The van der Waals surface area contributed by atoms with Crippen LogP contribution < -0.4 is 5.32 Å². The van der Waals surface area contributed by atoms with E-state index in [1.165, 1.54) is 17.3 Å². The maximum absolute atomic E-state index is 12.7. The van der Waals surface area contributed by atoms with Crippen LogP contribution in [0.15, 0.2) is 84.0 Å². The molecule has 0 unspecified atom stereocenters. The summed E-state index contributed by atoms with van der Waals surface area (Å²) in [5.74, 6) is 0.520. The molecule has 1 heterocycles. The Bertz CT molecular complexity index is 1140. The summed E-state index contributed by atoms with van der Waals surface area (Å²) in [4.78, 5) is 12.7. The van der Waals surface area contributed by atoms with E-state index in [0.29, 0.717) is 17.1 Å². The van der Waals surface area contributed by atoms with Crippen LogP contribution in [0.1, 0.15) is 15.9 Å². The van der Waals surface area contributed by atoms with E-state index in [1.807, 2.05) is 65.4 Å². The number of carbonyl (C=O) groups excluding carboxylic acids is 1. The lowest BCUT2D eigenvalue weighted by atomic mass is 10.1. The first-order valence-corrected chi connectivity index (χ1v) is 10.4. The van der Waals surface area contributed by atoms with E-state index in [2.05, 4.69) is 34.6 Å². The van der Waals surface area contributed by atoms with E-state index in [4.69, 9.17) is 0 Å². The molecular formula is C23H20N4OS. The number of anilines is 1. The fraction of sp³-hybridized carbons (Fsp3) is 0.0870. The molecule has 0 saturated heterocycles. The van der Waals surface area contributed by atoms with E-state index in [0.717, 1.165) is 16.4 Å². The molecule has 3 aromatic carbocycles. The fourth-order valence-corrected chi connectivity index (χ4v) is 3.57. The fourth-order valence-electron chi connectivity index (χ4n) is 3.07. The Kier molecular flexibility index (Phi) is 5.44. The molecule has 6 heteroatoms. The number of rotatable bonds is 5. The molecule has 144 valence electrons. The summed E-state index contributed by atoms with van der Waals surface area (Å²) >= 11 is 1.53. The molecule has 0 radical (unpaired) electrons. The van der Waals surface area contributed by atoms with Crippen LogP contribution in [0.5, 0.6) is 0 Å². The number of nitrogens with one attached hydrogen (secondary N) is 1. The van der Waals surface area contributed by atoms with Gasteiger partial charge < -0.3 is 5.32 Å². The van der Waals surface area contributed by atoms with E-state index >= 15 is 0 Å². The summed E-state index contributed by atoms with van der Waals surface area (Å²) in [6.07, 6.45) is 1.97. The van der Waals surface area contributed by atoms with E-state index in [9.17, 15) is 4.79 Å². The summed E-state index contributed by atoms with van der Waals surface area (Å²) in [6.45, 7) is 2.06. The van der Waals surface area contributed by atoms with Crippen molar-refractivity contribution in [2.45, 2.75) is 12.1 Å². The standard InChI is InChI=1S/C23H20N4OS/c1-16-12-14-18(15-13-16)27-21(25-26-23(27)29-2)19-10-6-7-11-20(19)24-22(28)17-8-4-3-5-9-17/h3-15H,1-2H3,(H,24,28). The summed E-state index contributed by atoms with van der Waals surface area (Å²) in [7, 11) is 0. The van der Waals surface area contributed by atoms with Crippen molar-refractivity contribution in [2.75, 3.05) is 11.6 Å². The molecule has 1 N–H and O–H groups in total. The molecule has 29 heavy (non-hydrogen) atoms. The van der Waals surface area contributed by atoms with Gasteiger partial charge in [-0.25, -0.2) is 0 Å². The molecule has 0 atom stereocenters. The molecule has 1 aromatic heterocycles. The first kappa shape index (κ1) is 19.0. The molecule has 1 amide bonds. The van der Waals surface area contributed by atoms with Crippen LogP contribution in [0.2, 0.25) is 0 Å². The van der Waals surface area contributed by atoms with Gasteiger partial charge in [-0.1, -0.05) is 59.8 Å². The van der Waals surface area contributed by atoms with Gasteiger partial charge in [0.15, 0.2) is 11.0 Å². The van der Waals surface area contributed by atoms with Crippen LogP contribution >= 0.6 is 11.8 Å². The second-order valence-corrected chi connectivity index (χ2v) is 7.32. The van der Waals surface area contributed by atoms with Crippen molar-refractivity contribution in [1.82, 2.24) is 14.8 Å². The largest absolute Gasteiger partial charge is 0.321 e. The normalized spacial score (nSPS) is 10.7. The zero-order valence-electron chi connectivity index (χ0n) is 16.2. The molecular weight excluding hydrogens is 380 g/mol. The minimum absolute atomic E-state index is 0.162. The molecule has 0 aliphatic rings. The number of nitrogens with zero attached hydrogens (tertiary/aromatic N) is 3. The molecule has 0 aliphatic heterocycles. The van der Waals surface area contributed by atoms with Gasteiger partial charge in [0, 0.05) is 16.8 Å². The predicted molar refractivity (Wildman–Crippen MR) is 118 cm³/mol. The van der Waals surface area contributed by atoms with Crippen molar-refractivity contribution in [1.29, 1.82) is 0 Å². The molecule has 4 rings (SSSR count). The van der Waals surface area contributed by atoms with Gasteiger partial charge in [-0.2, -0.15) is 0 Å². The molecule has 0 saturated carbocycles. The molecule has 0 fully saturated rings. The van der Waals surface area contributed by atoms with Crippen molar-refractivity contribution in [3.63, 3.8) is 0 Å². The molecule has 0 spiro atoms. The number of hydrogen-bond acceptors (Lipinski definition) is 4. The van der Waals surface area contributed by atoms with Gasteiger partial charge in [0.25, 0.3) is 5.91 Å². The molecule has 0 bridgehead atoms. The lowest BCUT2D eigenvalue weighted by Crippen LogP contribution is -2.13. The first-order valence-electron chi connectivity index (χ1n) is 9.19. The molecule has 0 aliphatic carbocycles. The lowest BCUT2D eigenvalue weighted by molar-refractivity contribution is 0.102. The highest BCUT2D eigenvalue weighted by molar-refractivity contribution is 7.98. The Morgan fingerprint density at radius 3 is 2.31 bits per heavy atom. The minimum atomic E-state index is -0.162. The quantitative estimate of drug-likeness (QED) is 0.467. The average Bonchev–Trinajstić information content (AvgIpc) is 3.19. The predicted octanol–water partition coefficient (Wildman–Crippen LogP) is 5.22. The molecule has 5 nitrogen and oxygen atoms in total. The van der Waals surface area contributed by atoms with Crippen molar-refractivity contribution < 1.29 is 4.79 Å². The number of carbonyl (C=O) groups is 1. The zero-order valence-corrected chi connectivity index (χ0v) is 17.0. The average molecular weight is 401 g/mol. The summed E-state index contributed by atoms with van der Waals surface area (Å²) < 4.78 is 2.01. The Hall–Kier alpha value is -3.38. The maximum atomic E-state index is 12.7. The van der Waals surface area contributed by atoms with Crippen LogP contribution in [0.4, 0.5) is 5.69 Å². The highest BCUT2D eigenvalue weighted by Gasteiger charge is 2.18. The number of para-hydroxylation sites is 1. The van der Waals surface area contributed by atoms with Crippen LogP contribution in [0.3, 0.4) is 0 Å². The number of aryl methyl sites for hydroxylation is 1. The maximum Gasteiger partial charge on any atom is 0.255 e. The molecule has 4 aromatic rings. The van der Waals surface area contributed by atoms with Crippen molar-refractivity contribution >= 4 is 23.4 Å². The SMILES string of the molecule is CSc1nnc(-c2ccccc2NC(=O)c2ccccc2)n1-c1ccc(C)cc1. The van der Waals surface area contributed by atoms with Gasteiger partial charge in [0.1, 0.15) is 0 Å². The Labute approximate surface area is 173 Å². The smallest absolute Gasteiger partial charge is 0.255 e. The summed E-state index contributed by atoms with van der Waals surface area (Å²) in [5.41, 5.74) is 4.26. The number of hydrogen-bond donors (Lipinski definition) is 1. The minimum Gasteiger partial charge on any atom is -0.321 e. The highest BCUT2D eigenvalue weighted by Crippen LogP contribution is 2.31. The Morgan fingerprint density at radius 2 is 1.59 bits per heavy atom. The van der Waals surface area contributed by atoms with Gasteiger partial charge in [-0.3, -0.25) is 9.36 Å². The zero-order chi connectivity index (χ0) is 20.2. The van der Waals surface area contributed by atoms with Crippen LogP contribution in [0, 0.1) is 6.92 Å². The Morgan fingerprint density at radius 1 is 0.897 bits per heavy atom. The van der Waals surface area contributed by atoms with E-state index < -0.39 is 0 Å². The van der Waals surface area contributed by atoms with Gasteiger partial charge in [-0.15, -0.1) is 10.2 Å². The number of amides is 1. The third kappa shape index (κ3) is 3.93. The number of thioether (sulfide) groups is 1. The van der Waals surface area contributed by atoms with Gasteiger partial charge in [0.2, 0.25) is 0 Å². The van der Waals surface area contributed by atoms with Gasteiger partial charge in [0.05, 0.1) is 5.69 Å². The van der Waals surface area contributed by atoms with E-state index in [1.54, 1.807) is 12.1 Å². The number of benzene rings is 3. The van der Waals surface area contributed by atoms with Crippen molar-refractivity contribution in [3.8, 4) is 17.1 Å². The monoisotopic (exact) mass is 400 g/mol. The Balaban J connectivity index is 1.78. The van der Waals surface area contributed by atoms with Crippen LogP contribution in [-0.2, 0) is 0 Å². The van der Waals surface area contributed by atoms with Crippen LogP contribution in [-0.4, -0.2) is 26.9 Å². The summed E-state index contributed by atoms with van der Waals surface area (Å²) in [5, 5.41) is 12.6.